The Bertz CT molecular complexity index is 317. The van der Waals surface area contributed by atoms with Crippen LogP contribution < -0.4 is 0 Å². The number of nitrogens with zero attached hydrogens (tertiary/aromatic N) is 1. The van der Waals surface area contributed by atoms with E-state index in [1.807, 2.05) is 0 Å². The highest BCUT2D eigenvalue weighted by Crippen LogP contribution is 2.28. The molecular formula is C8H8ClF2NO. The second kappa shape index (κ2) is 3.98. The molecule has 0 bridgehead atoms. The van der Waals surface area contributed by atoms with E-state index in [2.05, 4.69) is 4.98 Å². The van der Waals surface area contributed by atoms with Crippen molar-refractivity contribution in [2.24, 2.45) is 0 Å². The number of aromatic nitrogens is 1. The minimum atomic E-state index is -2.59. The maximum atomic E-state index is 12.3. The summed E-state index contributed by atoms with van der Waals surface area (Å²) in [7, 11) is 0. The number of aliphatic hydroxyl groups excluding tert-OH is 1. The minimum absolute atomic E-state index is 0.111. The van der Waals surface area contributed by atoms with Crippen molar-refractivity contribution in [1.82, 2.24) is 4.98 Å². The van der Waals surface area contributed by atoms with Crippen molar-refractivity contribution in [2.75, 3.05) is 0 Å². The third kappa shape index (κ3) is 1.95. The van der Waals surface area contributed by atoms with Gasteiger partial charge in [-0.05, 0) is 12.5 Å². The first kappa shape index (κ1) is 10.3. The summed E-state index contributed by atoms with van der Waals surface area (Å²) in [6.45, 7) is 1.13. The molecule has 0 aromatic carbocycles. The van der Waals surface area contributed by atoms with E-state index in [1.54, 1.807) is 0 Å². The molecule has 0 saturated carbocycles. The van der Waals surface area contributed by atoms with E-state index in [-0.39, 0.29) is 28.5 Å². The quantitative estimate of drug-likeness (QED) is 0.808. The molecule has 0 aliphatic rings. The zero-order valence-electron chi connectivity index (χ0n) is 6.89. The van der Waals surface area contributed by atoms with Gasteiger partial charge in [0.25, 0.3) is 6.43 Å². The second-order valence-corrected chi connectivity index (χ2v) is 2.94. The maximum Gasteiger partial charge on any atom is 0.265 e. The van der Waals surface area contributed by atoms with Crippen LogP contribution >= 0.6 is 11.6 Å². The summed E-state index contributed by atoms with van der Waals surface area (Å²) in [6.07, 6.45) is -1.55. The van der Waals surface area contributed by atoms with Gasteiger partial charge in [-0.15, -0.1) is 0 Å². The molecule has 2 nitrogen and oxygen atoms in total. The molecule has 0 spiro atoms. The van der Waals surface area contributed by atoms with E-state index in [0.29, 0.717) is 0 Å². The lowest BCUT2D eigenvalue weighted by atomic mass is 10.1. The number of pyridine rings is 1. The average molecular weight is 208 g/mol. The lowest BCUT2D eigenvalue weighted by Gasteiger charge is -2.08. The van der Waals surface area contributed by atoms with Crippen molar-refractivity contribution < 1.29 is 13.9 Å². The Morgan fingerprint density at radius 2 is 2.23 bits per heavy atom. The van der Waals surface area contributed by atoms with Crippen LogP contribution in [0.2, 0.25) is 5.02 Å². The SMILES string of the molecule is Cc1c(C(F)F)cnc(CO)c1Cl. The van der Waals surface area contributed by atoms with Gasteiger partial charge in [-0.25, -0.2) is 8.78 Å². The van der Waals surface area contributed by atoms with Crippen molar-refractivity contribution in [2.45, 2.75) is 20.0 Å². The second-order valence-electron chi connectivity index (χ2n) is 2.56. The van der Waals surface area contributed by atoms with Gasteiger partial charge in [0.15, 0.2) is 0 Å². The van der Waals surface area contributed by atoms with Gasteiger partial charge in [0, 0.05) is 11.8 Å². The van der Waals surface area contributed by atoms with Gasteiger partial charge in [0.05, 0.1) is 17.3 Å². The third-order valence-corrected chi connectivity index (χ3v) is 2.26. The number of rotatable bonds is 2. The smallest absolute Gasteiger partial charge is 0.265 e. The minimum Gasteiger partial charge on any atom is -0.390 e. The fraction of sp³-hybridized carbons (Fsp3) is 0.375. The molecule has 1 rings (SSSR count). The fourth-order valence-electron chi connectivity index (χ4n) is 0.974. The van der Waals surface area contributed by atoms with Gasteiger partial charge in [0.2, 0.25) is 0 Å². The monoisotopic (exact) mass is 207 g/mol. The summed E-state index contributed by atoms with van der Waals surface area (Å²) in [5, 5.41) is 8.85. The van der Waals surface area contributed by atoms with E-state index < -0.39 is 6.43 Å². The fourth-order valence-corrected chi connectivity index (χ4v) is 1.19. The van der Waals surface area contributed by atoms with Gasteiger partial charge < -0.3 is 5.11 Å². The van der Waals surface area contributed by atoms with Gasteiger partial charge in [0.1, 0.15) is 0 Å². The number of hydrogen-bond acceptors (Lipinski definition) is 2. The van der Waals surface area contributed by atoms with Crippen molar-refractivity contribution in [3.05, 3.63) is 28.0 Å². The normalized spacial score (nSPS) is 10.9. The van der Waals surface area contributed by atoms with Crippen molar-refractivity contribution in [3.63, 3.8) is 0 Å². The predicted octanol–water partition coefficient (Wildman–Crippen LogP) is 2.47. The maximum absolute atomic E-state index is 12.3. The predicted molar refractivity (Wildman–Crippen MR) is 44.9 cm³/mol. The Labute approximate surface area is 79.2 Å². The Hall–Kier alpha value is -0.740. The zero-order chi connectivity index (χ0) is 10.0. The van der Waals surface area contributed by atoms with Crippen LogP contribution in [0.4, 0.5) is 8.78 Å². The van der Waals surface area contributed by atoms with Crippen molar-refractivity contribution >= 4 is 11.6 Å². The molecule has 0 radical (unpaired) electrons. The Kier molecular flexibility index (Phi) is 3.17. The molecule has 0 fully saturated rings. The van der Waals surface area contributed by atoms with Crippen LogP contribution in [0.1, 0.15) is 23.2 Å². The standard InChI is InChI=1S/C8H8ClF2NO/c1-4-5(8(10)11)2-12-6(3-13)7(4)9/h2,8,13H,3H2,1H3. The van der Waals surface area contributed by atoms with Gasteiger partial charge in [-0.2, -0.15) is 0 Å². The highest BCUT2D eigenvalue weighted by Gasteiger charge is 2.15. The Morgan fingerprint density at radius 1 is 1.62 bits per heavy atom. The first-order valence-electron chi connectivity index (χ1n) is 3.60. The number of alkyl halides is 2. The lowest BCUT2D eigenvalue weighted by Crippen LogP contribution is -1.98. The summed E-state index contributed by atoms with van der Waals surface area (Å²) >= 11 is 5.69. The average Bonchev–Trinajstić information content (AvgIpc) is 2.09. The molecule has 0 aliphatic carbocycles. The molecule has 0 aliphatic heterocycles. The summed E-state index contributed by atoms with van der Waals surface area (Å²) in [5.74, 6) is 0. The van der Waals surface area contributed by atoms with Crippen LogP contribution in [0.3, 0.4) is 0 Å². The molecule has 0 amide bonds. The van der Waals surface area contributed by atoms with Crippen LogP contribution in [-0.4, -0.2) is 10.1 Å². The summed E-state index contributed by atoms with van der Waals surface area (Å²) < 4.78 is 24.6. The highest BCUT2D eigenvalue weighted by atomic mass is 35.5. The van der Waals surface area contributed by atoms with Gasteiger partial charge >= 0.3 is 0 Å². The molecule has 1 heterocycles. The van der Waals surface area contributed by atoms with E-state index in [0.717, 1.165) is 6.20 Å². The molecule has 72 valence electrons. The highest BCUT2D eigenvalue weighted by molar-refractivity contribution is 6.32. The number of halogens is 3. The third-order valence-electron chi connectivity index (χ3n) is 1.76. The largest absolute Gasteiger partial charge is 0.390 e. The Balaban J connectivity index is 3.23. The molecule has 0 atom stereocenters. The van der Waals surface area contributed by atoms with Crippen LogP contribution in [-0.2, 0) is 6.61 Å². The Morgan fingerprint density at radius 3 is 2.69 bits per heavy atom. The topological polar surface area (TPSA) is 33.1 Å². The van der Waals surface area contributed by atoms with Crippen LogP contribution in [0.15, 0.2) is 6.20 Å². The van der Waals surface area contributed by atoms with Crippen molar-refractivity contribution in [1.29, 1.82) is 0 Å². The number of aliphatic hydroxyl groups is 1. The first-order valence-corrected chi connectivity index (χ1v) is 3.98. The van der Waals surface area contributed by atoms with Crippen LogP contribution in [0.5, 0.6) is 0 Å². The van der Waals surface area contributed by atoms with Crippen LogP contribution in [0, 0.1) is 6.92 Å². The molecule has 13 heavy (non-hydrogen) atoms. The molecule has 1 N–H and O–H groups in total. The van der Waals surface area contributed by atoms with E-state index >= 15 is 0 Å². The zero-order valence-corrected chi connectivity index (χ0v) is 7.65. The number of hydrogen-bond donors (Lipinski definition) is 1. The van der Waals surface area contributed by atoms with E-state index in [4.69, 9.17) is 16.7 Å². The molecule has 1 aromatic rings. The summed E-state index contributed by atoms with van der Waals surface area (Å²) in [4.78, 5) is 3.62. The molecule has 0 saturated heterocycles. The summed E-state index contributed by atoms with van der Waals surface area (Å²) in [6, 6.07) is 0. The van der Waals surface area contributed by atoms with Gasteiger partial charge in [-0.3, -0.25) is 4.98 Å². The van der Waals surface area contributed by atoms with Crippen molar-refractivity contribution in [3.8, 4) is 0 Å². The molecular weight excluding hydrogens is 200 g/mol. The molecule has 5 heteroatoms. The molecule has 0 unspecified atom stereocenters. The lowest BCUT2D eigenvalue weighted by molar-refractivity contribution is 0.150. The summed E-state index contributed by atoms with van der Waals surface area (Å²) in [5.41, 5.74) is 0.307. The first-order chi connectivity index (χ1) is 6.07. The molecule has 1 aromatic heterocycles. The van der Waals surface area contributed by atoms with Crippen LogP contribution in [0.25, 0.3) is 0 Å². The van der Waals surface area contributed by atoms with E-state index in [1.165, 1.54) is 6.92 Å². The van der Waals surface area contributed by atoms with E-state index in [9.17, 15) is 8.78 Å². The van der Waals surface area contributed by atoms with Gasteiger partial charge in [-0.1, -0.05) is 11.6 Å².